The molecule has 1 heterocycles. The van der Waals surface area contributed by atoms with Gasteiger partial charge in [0.1, 0.15) is 24.4 Å². The van der Waals surface area contributed by atoms with Crippen LogP contribution in [0, 0.1) is 0 Å². The normalized spacial score (nSPS) is 33.0. The van der Waals surface area contributed by atoms with Gasteiger partial charge in [-0.3, -0.25) is 0 Å². The van der Waals surface area contributed by atoms with Crippen molar-refractivity contribution in [3.63, 3.8) is 0 Å². The maximum Gasteiger partial charge on any atom is 0.186 e. The predicted octanol–water partition coefficient (Wildman–Crippen LogP) is -1.37. The fourth-order valence-corrected chi connectivity index (χ4v) is 2.18. The highest BCUT2D eigenvalue weighted by Gasteiger charge is 2.43. The third-order valence-corrected chi connectivity index (χ3v) is 3.50. The van der Waals surface area contributed by atoms with Gasteiger partial charge in [-0.1, -0.05) is 12.1 Å². The van der Waals surface area contributed by atoms with E-state index in [1.54, 1.807) is 12.1 Å². The molecule has 6 N–H and O–H groups in total. The van der Waals surface area contributed by atoms with E-state index in [-0.39, 0.29) is 6.61 Å². The van der Waals surface area contributed by atoms with Crippen LogP contribution in [-0.2, 0) is 15.9 Å². The largest absolute Gasteiger partial charge is 0.399 e. The van der Waals surface area contributed by atoms with Crippen molar-refractivity contribution in [1.82, 2.24) is 0 Å². The van der Waals surface area contributed by atoms with E-state index in [0.717, 1.165) is 5.56 Å². The zero-order chi connectivity index (χ0) is 15.4. The Morgan fingerprint density at radius 3 is 2.33 bits per heavy atom. The van der Waals surface area contributed by atoms with Crippen molar-refractivity contribution in [2.45, 2.75) is 37.1 Å². The third-order valence-electron chi connectivity index (χ3n) is 3.50. The Bertz CT molecular complexity index is 438. The predicted molar refractivity (Wildman–Crippen MR) is 74.3 cm³/mol. The van der Waals surface area contributed by atoms with Gasteiger partial charge in [-0.05, 0) is 24.1 Å². The van der Waals surface area contributed by atoms with E-state index >= 15 is 0 Å². The first-order chi connectivity index (χ1) is 10.0. The first kappa shape index (κ1) is 16.2. The van der Waals surface area contributed by atoms with Gasteiger partial charge in [0.2, 0.25) is 0 Å². The molecule has 1 aromatic carbocycles. The van der Waals surface area contributed by atoms with Crippen molar-refractivity contribution in [3.05, 3.63) is 29.8 Å². The first-order valence-electron chi connectivity index (χ1n) is 6.79. The number of hydrogen-bond acceptors (Lipinski definition) is 7. The second-order valence-corrected chi connectivity index (χ2v) is 5.06. The maximum atomic E-state index is 9.80. The smallest absolute Gasteiger partial charge is 0.186 e. The van der Waals surface area contributed by atoms with Crippen LogP contribution >= 0.6 is 0 Å². The standard InChI is InChI=1S/C14H21NO6/c15-9-3-1-8(2-4-9)5-6-20-14-13(19)12(18)11(17)10(7-16)21-14/h1-4,10-14,16-19H,5-7,15H2/t10-,11-,12+,13-,14-/m1/s1. The Kier molecular flexibility index (Phi) is 5.51. The van der Waals surface area contributed by atoms with Crippen LogP contribution in [0.15, 0.2) is 24.3 Å². The highest BCUT2D eigenvalue weighted by Crippen LogP contribution is 2.22. The van der Waals surface area contributed by atoms with Crippen LogP contribution in [0.25, 0.3) is 0 Å². The zero-order valence-electron chi connectivity index (χ0n) is 11.5. The average molecular weight is 299 g/mol. The number of nitrogens with two attached hydrogens (primary N) is 1. The molecule has 118 valence electrons. The van der Waals surface area contributed by atoms with Crippen LogP contribution in [0.2, 0.25) is 0 Å². The monoisotopic (exact) mass is 299 g/mol. The van der Waals surface area contributed by atoms with E-state index in [0.29, 0.717) is 12.1 Å². The molecule has 7 nitrogen and oxygen atoms in total. The molecule has 21 heavy (non-hydrogen) atoms. The molecule has 5 atom stereocenters. The van der Waals surface area contributed by atoms with Crippen molar-refractivity contribution >= 4 is 5.69 Å². The lowest BCUT2D eigenvalue weighted by atomic mass is 9.99. The summed E-state index contributed by atoms with van der Waals surface area (Å²) in [4.78, 5) is 0. The van der Waals surface area contributed by atoms with Gasteiger partial charge in [0, 0.05) is 5.69 Å². The number of ether oxygens (including phenoxy) is 2. The Morgan fingerprint density at radius 2 is 1.71 bits per heavy atom. The molecular weight excluding hydrogens is 278 g/mol. The Hall–Kier alpha value is -1.22. The highest BCUT2D eigenvalue weighted by atomic mass is 16.7. The van der Waals surface area contributed by atoms with Gasteiger partial charge in [0.05, 0.1) is 13.2 Å². The molecule has 0 amide bonds. The molecule has 1 fully saturated rings. The van der Waals surface area contributed by atoms with Crippen LogP contribution in [0.1, 0.15) is 5.56 Å². The fraction of sp³-hybridized carbons (Fsp3) is 0.571. The molecule has 0 aromatic heterocycles. The molecule has 0 spiro atoms. The van der Waals surface area contributed by atoms with Gasteiger partial charge in [-0.2, -0.15) is 0 Å². The molecule has 2 rings (SSSR count). The highest BCUT2D eigenvalue weighted by molar-refractivity contribution is 5.39. The molecule has 0 radical (unpaired) electrons. The maximum absolute atomic E-state index is 9.80. The lowest BCUT2D eigenvalue weighted by Crippen LogP contribution is -2.59. The fourth-order valence-electron chi connectivity index (χ4n) is 2.18. The van der Waals surface area contributed by atoms with Gasteiger partial charge in [-0.15, -0.1) is 0 Å². The SMILES string of the molecule is Nc1ccc(CCO[C@@H]2O[C@H](CO)[C@@H](O)[C@H](O)[C@H]2O)cc1. The van der Waals surface area contributed by atoms with Gasteiger partial charge in [-0.25, -0.2) is 0 Å². The number of benzene rings is 1. The molecule has 0 unspecified atom stereocenters. The van der Waals surface area contributed by atoms with Gasteiger partial charge in [0.25, 0.3) is 0 Å². The molecule has 1 aromatic rings. The number of anilines is 1. The number of nitrogen functional groups attached to an aromatic ring is 1. The number of aliphatic hydroxyl groups excluding tert-OH is 4. The molecule has 0 bridgehead atoms. The minimum atomic E-state index is -1.42. The number of rotatable bonds is 5. The van der Waals surface area contributed by atoms with E-state index in [2.05, 4.69) is 0 Å². The third kappa shape index (κ3) is 3.91. The molecule has 1 aliphatic rings. The minimum absolute atomic E-state index is 0.257. The lowest BCUT2D eigenvalue weighted by Gasteiger charge is -2.39. The number of aliphatic hydroxyl groups is 4. The molecule has 1 aliphatic heterocycles. The summed E-state index contributed by atoms with van der Waals surface area (Å²) in [5, 5.41) is 38.1. The lowest BCUT2D eigenvalue weighted by molar-refractivity contribution is -0.300. The van der Waals surface area contributed by atoms with Crippen molar-refractivity contribution in [2.24, 2.45) is 0 Å². The van der Waals surface area contributed by atoms with Crippen molar-refractivity contribution in [1.29, 1.82) is 0 Å². The number of hydrogen-bond donors (Lipinski definition) is 5. The zero-order valence-corrected chi connectivity index (χ0v) is 11.5. The van der Waals surface area contributed by atoms with Crippen LogP contribution < -0.4 is 5.73 Å². The Morgan fingerprint density at radius 1 is 1.05 bits per heavy atom. The summed E-state index contributed by atoms with van der Waals surface area (Å²) in [6.45, 7) is -0.213. The van der Waals surface area contributed by atoms with E-state index < -0.39 is 37.3 Å². The van der Waals surface area contributed by atoms with Crippen LogP contribution in [0.5, 0.6) is 0 Å². The second kappa shape index (κ2) is 7.17. The minimum Gasteiger partial charge on any atom is -0.399 e. The molecule has 7 heteroatoms. The first-order valence-corrected chi connectivity index (χ1v) is 6.79. The quantitative estimate of drug-likeness (QED) is 0.425. The average Bonchev–Trinajstić information content (AvgIpc) is 2.49. The van der Waals surface area contributed by atoms with Crippen LogP contribution in [-0.4, -0.2) is 64.3 Å². The van der Waals surface area contributed by atoms with Gasteiger partial charge in [0.15, 0.2) is 6.29 Å². The van der Waals surface area contributed by atoms with Crippen molar-refractivity contribution in [2.75, 3.05) is 18.9 Å². The van der Waals surface area contributed by atoms with E-state index in [1.165, 1.54) is 0 Å². The topological polar surface area (TPSA) is 125 Å². The summed E-state index contributed by atoms with van der Waals surface area (Å²) in [6.07, 6.45) is -5.62. The Labute approximate surface area is 122 Å². The molecule has 0 saturated carbocycles. The molecular formula is C14H21NO6. The van der Waals surface area contributed by atoms with Crippen LogP contribution in [0.3, 0.4) is 0 Å². The summed E-state index contributed by atoms with van der Waals surface area (Å²) in [5.41, 5.74) is 7.27. The van der Waals surface area contributed by atoms with Gasteiger partial charge < -0.3 is 35.6 Å². The summed E-state index contributed by atoms with van der Waals surface area (Å²) in [5.74, 6) is 0. The second-order valence-electron chi connectivity index (χ2n) is 5.06. The summed E-state index contributed by atoms with van der Waals surface area (Å²) < 4.78 is 10.6. The van der Waals surface area contributed by atoms with Crippen LogP contribution in [0.4, 0.5) is 5.69 Å². The summed E-state index contributed by atoms with van der Waals surface area (Å²) in [7, 11) is 0. The van der Waals surface area contributed by atoms with E-state index in [1.807, 2.05) is 12.1 Å². The van der Waals surface area contributed by atoms with E-state index in [4.69, 9.17) is 20.3 Å². The summed E-state index contributed by atoms with van der Waals surface area (Å²) >= 11 is 0. The van der Waals surface area contributed by atoms with Crippen molar-refractivity contribution < 1.29 is 29.9 Å². The summed E-state index contributed by atoms with van der Waals surface area (Å²) in [6, 6.07) is 7.30. The van der Waals surface area contributed by atoms with Gasteiger partial charge >= 0.3 is 0 Å². The molecule has 0 aliphatic carbocycles. The Balaban J connectivity index is 1.85. The molecule has 1 saturated heterocycles. The van der Waals surface area contributed by atoms with Crippen molar-refractivity contribution in [3.8, 4) is 0 Å². The van der Waals surface area contributed by atoms with E-state index in [9.17, 15) is 15.3 Å².